The maximum Gasteiger partial charge on any atom is 0.438 e. The van der Waals surface area contributed by atoms with E-state index in [-0.39, 0.29) is 43.9 Å². The number of fused-ring (bicyclic) bond motifs is 2. The Morgan fingerprint density at radius 1 is 0.701 bits per heavy atom. The number of benzene rings is 11. The van der Waals surface area contributed by atoms with Gasteiger partial charge in [0.05, 0.1) is 51.8 Å². The van der Waals surface area contributed by atoms with Crippen LogP contribution in [-0.4, -0.2) is 84.9 Å². The molecular weight excluding hydrogens is 1580 g/mol. The van der Waals surface area contributed by atoms with Crippen molar-refractivity contribution < 1.29 is 61.5 Å². The minimum atomic E-state index is -4.91. The number of amides is 2. The molecule has 19 nitrogen and oxygen atoms in total. The number of hydrogen-bond acceptors (Lipinski definition) is 18. The van der Waals surface area contributed by atoms with Crippen molar-refractivity contribution in [1.82, 2.24) is 15.8 Å². The first-order valence-electron chi connectivity index (χ1n) is 35.9. The van der Waals surface area contributed by atoms with Crippen molar-refractivity contribution >= 4 is 124 Å². The standard InChI is InChI=1S/C22H14FNO3.C22H15NO3.C17H11ClF3N3OS.C16H16N2OS.C13H17ClN2O2/c23-19-7-3-2-6-17(19)21(25)24-16-11-9-14(10-12-16)18-13-15-5-1-4-8-20(15)27-22(18)26;24-21-13-12-19(14-20(21)22(25)26)23-15-18-10-8-17(9-11-18)7-6-16-4-2-1-3-5-16;18-11-7-5-10(6-8-11)13-9-16(25,17(19,20)21)24(23-13)15-22-12-3-1-2-4-14(12)26-15;1-16(13-8-10-14(19-2)11-9-13)18-17-15(20-16)12-6-4-3-5-7-12;1-8(2)6-9(3)15-16-13(18)11-5-4-10(14)7-12(11)17/h1-13H,(H,24,25);1-5,8-15,24H,(H,25,26);1-8,25H,9H2;3-11,18H,1-2H3;4-5,7-8,17H,6H2,1-3H3,(H,16,18). The number of hydrazone groups is 3. The number of anilines is 2. The number of hydrogen-bond donors (Lipinski definition) is 7. The van der Waals surface area contributed by atoms with E-state index in [0.717, 1.165) is 61.9 Å². The van der Waals surface area contributed by atoms with Crippen LogP contribution in [0.1, 0.15) is 105 Å². The first kappa shape index (κ1) is 84.7. The van der Waals surface area contributed by atoms with Gasteiger partial charge in [0.2, 0.25) is 5.13 Å². The number of carboxylic acid groups (broad SMARTS) is 1. The zero-order chi connectivity index (χ0) is 83.4. The molecule has 15 rings (SSSR count). The van der Waals surface area contributed by atoms with E-state index in [1.165, 1.54) is 48.0 Å². The number of halogens is 6. The third-order valence-corrected chi connectivity index (χ3v) is 20.2. The lowest BCUT2D eigenvalue weighted by Crippen LogP contribution is -2.55. The summed E-state index contributed by atoms with van der Waals surface area (Å²) in [5, 5.41) is 57.0. The highest BCUT2D eigenvalue weighted by Gasteiger charge is 2.62. The number of phenolic OH excluding ortho intramolecular Hbond substituents is 1. The van der Waals surface area contributed by atoms with Crippen molar-refractivity contribution in [2.75, 3.05) is 17.4 Å². The first-order valence-corrected chi connectivity index (χ1v) is 38.3. The molecule has 7 N–H and O–H groups in total. The number of aliphatic hydroxyl groups is 1. The number of phenols is 2. The fourth-order valence-corrected chi connectivity index (χ4v) is 13.8. The molecule has 2 amide bonds. The first-order chi connectivity index (χ1) is 56.1. The number of thioether (sulfide) groups is 1. The number of aromatic hydroxyl groups is 2. The molecule has 2 aliphatic rings. The summed E-state index contributed by atoms with van der Waals surface area (Å²) in [5.41, 5.74) is 11.6. The van der Waals surface area contributed by atoms with Gasteiger partial charge in [-0.3, -0.25) is 20.0 Å². The number of ether oxygens (including phenoxy) is 1. The zero-order valence-corrected chi connectivity index (χ0v) is 66.2. The highest BCUT2D eigenvalue weighted by molar-refractivity contribution is 8.15. The molecule has 0 aliphatic carbocycles. The van der Waals surface area contributed by atoms with Gasteiger partial charge in [-0.25, -0.2) is 24.4 Å². The van der Waals surface area contributed by atoms with E-state index in [9.17, 15) is 52.1 Å². The van der Waals surface area contributed by atoms with Crippen LogP contribution in [0, 0.1) is 23.6 Å². The Hall–Kier alpha value is -13.2. The number of carboxylic acids is 1. The van der Waals surface area contributed by atoms with Crippen LogP contribution in [-0.2, 0) is 4.87 Å². The Labute approximate surface area is 688 Å². The summed E-state index contributed by atoms with van der Waals surface area (Å²) in [6.07, 6.45) is -3.17. The Kier molecular flexibility index (Phi) is 28.0. The number of aliphatic imine (C=N–C) groups is 1. The molecule has 11 aromatic carbocycles. The second-order valence-corrected chi connectivity index (χ2v) is 29.9. The summed E-state index contributed by atoms with van der Waals surface area (Å²) >= 11 is 14.3. The molecule has 13 aromatic rings. The molecule has 2 atom stereocenters. The number of aromatic carboxylic acids is 1. The Morgan fingerprint density at radius 3 is 1.99 bits per heavy atom. The van der Waals surface area contributed by atoms with Crippen molar-refractivity contribution in [1.29, 1.82) is 0 Å². The number of alkyl halides is 3. The Balaban J connectivity index is 0.000000145. The van der Waals surface area contributed by atoms with E-state index >= 15 is 0 Å². The minimum absolute atomic E-state index is 0.0185. The van der Waals surface area contributed by atoms with E-state index in [4.69, 9.17) is 37.5 Å². The Morgan fingerprint density at radius 2 is 1.33 bits per heavy atom. The van der Waals surface area contributed by atoms with Crippen LogP contribution in [0.25, 0.3) is 32.3 Å². The summed E-state index contributed by atoms with van der Waals surface area (Å²) in [4.78, 5) is 55.4. The summed E-state index contributed by atoms with van der Waals surface area (Å²) < 4.78 is 66.0. The van der Waals surface area contributed by atoms with Crippen molar-refractivity contribution in [3.05, 3.63) is 349 Å². The van der Waals surface area contributed by atoms with Crippen LogP contribution in [0.15, 0.2) is 302 Å². The number of para-hydroxylation sites is 2. The number of aromatic nitrogens is 1. The quantitative estimate of drug-likeness (QED) is 0.0165. The van der Waals surface area contributed by atoms with Crippen LogP contribution >= 0.6 is 46.3 Å². The highest BCUT2D eigenvalue weighted by Crippen LogP contribution is 2.46. The largest absolute Gasteiger partial charge is 0.507 e. The molecule has 0 bridgehead atoms. The molecule has 27 heteroatoms. The fraction of sp³-hybridized carbons (Fsp3) is 0.122. The zero-order valence-electron chi connectivity index (χ0n) is 63.1. The van der Waals surface area contributed by atoms with Crippen LogP contribution < -0.4 is 31.5 Å². The van der Waals surface area contributed by atoms with Gasteiger partial charge >= 0.3 is 17.8 Å². The van der Waals surface area contributed by atoms with Crippen molar-refractivity contribution in [2.24, 2.45) is 26.2 Å². The lowest BCUT2D eigenvalue weighted by molar-refractivity contribution is -0.254. The number of methoxy groups -OCH3 is 1. The van der Waals surface area contributed by atoms with Gasteiger partial charge in [0.15, 0.2) is 0 Å². The van der Waals surface area contributed by atoms with Gasteiger partial charge in [-0.15, -0.1) is 0 Å². The molecule has 0 spiro atoms. The van der Waals surface area contributed by atoms with E-state index in [1.807, 2.05) is 104 Å². The third kappa shape index (κ3) is 22.4. The number of thiazole rings is 1. The van der Waals surface area contributed by atoms with Crippen molar-refractivity contribution in [2.45, 2.75) is 57.3 Å². The van der Waals surface area contributed by atoms with Gasteiger partial charge < -0.3 is 34.9 Å². The fourth-order valence-electron chi connectivity index (χ4n) is 11.5. The maximum atomic E-state index is 13.7. The third-order valence-electron chi connectivity index (χ3n) is 17.5. The van der Waals surface area contributed by atoms with Crippen LogP contribution in [0.5, 0.6) is 17.2 Å². The molecule has 0 saturated carbocycles. The monoisotopic (exact) mass is 1650 g/mol. The topological polar surface area (TPSA) is 273 Å². The number of carbonyl (C=O) groups is 3. The van der Waals surface area contributed by atoms with Gasteiger partial charge in [0, 0.05) is 49.7 Å². The van der Waals surface area contributed by atoms with Crippen molar-refractivity contribution in [3.8, 4) is 40.2 Å². The smallest absolute Gasteiger partial charge is 0.438 e. The lowest BCUT2D eigenvalue weighted by Gasteiger charge is -2.32. The van der Waals surface area contributed by atoms with E-state index in [2.05, 4.69) is 98.3 Å². The lowest BCUT2D eigenvalue weighted by atomic mass is 10.0. The van der Waals surface area contributed by atoms with Gasteiger partial charge in [-0.05, 0) is 182 Å². The number of nitrogens with zero attached hydrogens (tertiary/aromatic N) is 6. The molecule has 0 saturated heterocycles. The van der Waals surface area contributed by atoms with Crippen LogP contribution in [0.2, 0.25) is 10.0 Å². The van der Waals surface area contributed by atoms with E-state index in [1.54, 1.807) is 134 Å². The van der Waals surface area contributed by atoms with Crippen molar-refractivity contribution in [3.63, 3.8) is 0 Å². The molecular formula is C90H73Cl2F4N9O10S2. The van der Waals surface area contributed by atoms with Crippen LogP contribution in [0.3, 0.4) is 0 Å². The average Bonchev–Trinajstić information content (AvgIpc) is 1.59. The minimum Gasteiger partial charge on any atom is -0.507 e. The van der Waals surface area contributed by atoms with Crippen LogP contribution in [0.4, 0.5) is 34.1 Å². The molecule has 2 aromatic heterocycles. The summed E-state index contributed by atoms with van der Waals surface area (Å²) in [5.74, 6) is 4.34. The summed E-state index contributed by atoms with van der Waals surface area (Å²) in [6.45, 7) is 8.14. The number of carbonyl (C=O) groups excluding carboxylic acids is 2. The molecule has 592 valence electrons. The summed E-state index contributed by atoms with van der Waals surface area (Å²) in [6, 6.07) is 78.9. The molecule has 117 heavy (non-hydrogen) atoms. The predicted molar refractivity (Wildman–Crippen MR) is 456 cm³/mol. The molecule has 2 unspecified atom stereocenters. The van der Waals surface area contributed by atoms with E-state index in [0.29, 0.717) is 64.8 Å². The average molecular weight is 1650 g/mol. The van der Waals surface area contributed by atoms with Gasteiger partial charge in [-0.2, -0.15) is 33.5 Å². The van der Waals surface area contributed by atoms with E-state index < -0.39 is 47.5 Å². The maximum absolute atomic E-state index is 13.7. The SMILES string of the molecule is CC(CC(C)C)=NNC(=O)c1ccc(Cl)cc1O.COc1ccc(C2(C)NN=C(c3ccccc3)S2)cc1.O=C(Nc1ccc(-c2cc3ccccc3oc2=O)cc1)c1ccccc1F.O=C(O)c1cc(N=Cc2ccc(C#Cc3ccccc3)cc2)ccc1O.OC1(C(F)(F)F)CC(c2ccc(Cl)cc2)=NN1c1nc2ccccc2s1. The number of rotatable bonds is 15. The van der Waals surface area contributed by atoms with Gasteiger partial charge in [-0.1, -0.05) is 212 Å². The molecule has 2 aliphatic heterocycles. The molecule has 4 heterocycles. The second kappa shape index (κ2) is 38.7. The predicted octanol–water partition coefficient (Wildman–Crippen LogP) is 20.7. The highest BCUT2D eigenvalue weighted by atomic mass is 35.5. The Bertz CT molecular complexity index is 5940. The normalized spacial score (nSPS) is 14.8. The number of nitrogens with one attached hydrogen (secondary N) is 3. The summed E-state index contributed by atoms with van der Waals surface area (Å²) in [7, 11) is 1.68. The second-order valence-electron chi connectivity index (χ2n) is 26.6. The van der Waals surface area contributed by atoms with Gasteiger partial charge in [0.1, 0.15) is 44.1 Å². The molecule has 0 fully saturated rings. The molecule has 0 radical (unpaired) electrons. The van der Waals surface area contributed by atoms with Gasteiger partial charge in [0.25, 0.3) is 17.5 Å².